The summed E-state index contributed by atoms with van der Waals surface area (Å²) < 4.78 is 26.3. The molecule has 4 aromatic rings. The number of hydrogen-bond donors (Lipinski definition) is 1. The van der Waals surface area contributed by atoms with Crippen LogP contribution in [-0.2, 0) is 20.7 Å². The summed E-state index contributed by atoms with van der Waals surface area (Å²) in [4.78, 5) is 1.58. The first-order valence-electron chi connectivity index (χ1n) is 14.1. The van der Waals surface area contributed by atoms with Gasteiger partial charge in [0.15, 0.2) is 9.84 Å². The Morgan fingerprint density at radius 1 is 0.850 bits per heavy atom. The number of fused-ring (bicyclic) bond motifs is 1. The van der Waals surface area contributed by atoms with Crippen LogP contribution >= 0.6 is 0 Å². The average molecular weight is 562 g/mol. The Morgan fingerprint density at radius 2 is 1.52 bits per heavy atom. The zero-order valence-electron chi connectivity index (χ0n) is 25.1. The van der Waals surface area contributed by atoms with Gasteiger partial charge in [0.2, 0.25) is 0 Å². The topological polar surface area (TPSA) is 85.1 Å². The molecule has 0 bridgehead atoms. The van der Waals surface area contributed by atoms with Gasteiger partial charge in [0.1, 0.15) is 22.5 Å². The van der Waals surface area contributed by atoms with Crippen LogP contribution in [0.1, 0.15) is 91.3 Å². The van der Waals surface area contributed by atoms with Crippen molar-refractivity contribution in [1.82, 2.24) is 15.0 Å². The fourth-order valence-corrected chi connectivity index (χ4v) is 7.41. The molecule has 0 aliphatic rings. The molecule has 0 aliphatic carbocycles. The van der Waals surface area contributed by atoms with E-state index in [2.05, 4.69) is 76.9 Å². The van der Waals surface area contributed by atoms with Crippen LogP contribution in [0.5, 0.6) is 5.75 Å². The van der Waals surface area contributed by atoms with E-state index < -0.39 is 15.3 Å². The van der Waals surface area contributed by atoms with Crippen molar-refractivity contribution in [3.05, 3.63) is 77.4 Å². The summed E-state index contributed by atoms with van der Waals surface area (Å²) in [5.74, 6) is 0.145. The standard InChI is InChI=1S/C33H43N3O3S/c1-9-10-19-40(38,39)28-18-14-17-26-29(28)35-36(34-26)27-21-24(32(5,6)22-31(2,3)4)20-25(30(27)37)33(7,8)23-15-12-11-13-16-23/h11-18,20-21,37H,9-10,19,22H2,1-8H3. The average Bonchev–Trinajstić information content (AvgIpc) is 3.30. The minimum absolute atomic E-state index is 0.0621. The second-order valence-corrected chi connectivity index (χ2v) is 15.4. The molecule has 0 radical (unpaired) electrons. The molecule has 40 heavy (non-hydrogen) atoms. The van der Waals surface area contributed by atoms with Gasteiger partial charge in [0.05, 0.1) is 10.6 Å². The fraction of sp³-hybridized carbons (Fsp3) is 0.455. The third-order valence-corrected chi connectivity index (χ3v) is 9.53. The number of nitrogens with zero attached hydrogens (tertiary/aromatic N) is 3. The molecule has 1 N–H and O–H groups in total. The number of benzene rings is 3. The predicted octanol–water partition coefficient (Wildman–Crippen LogP) is 7.74. The first-order valence-corrected chi connectivity index (χ1v) is 15.7. The molecule has 7 heteroatoms. The maximum absolute atomic E-state index is 13.2. The van der Waals surface area contributed by atoms with E-state index in [9.17, 15) is 13.5 Å². The monoisotopic (exact) mass is 561 g/mol. The van der Waals surface area contributed by atoms with Crippen LogP contribution < -0.4 is 0 Å². The zero-order valence-corrected chi connectivity index (χ0v) is 25.9. The van der Waals surface area contributed by atoms with Gasteiger partial charge in [-0.2, -0.15) is 0 Å². The Morgan fingerprint density at radius 3 is 2.15 bits per heavy atom. The lowest BCUT2D eigenvalue weighted by Crippen LogP contribution is -2.27. The lowest BCUT2D eigenvalue weighted by molar-refractivity contribution is 0.283. The highest BCUT2D eigenvalue weighted by Gasteiger charge is 2.34. The Hall–Kier alpha value is -3.19. The van der Waals surface area contributed by atoms with Gasteiger partial charge in [-0.3, -0.25) is 0 Å². The summed E-state index contributed by atoms with van der Waals surface area (Å²) in [6, 6.07) is 19.3. The summed E-state index contributed by atoms with van der Waals surface area (Å²) in [7, 11) is -3.53. The van der Waals surface area contributed by atoms with Crippen LogP contribution in [0.15, 0.2) is 65.6 Å². The molecule has 214 valence electrons. The molecular weight excluding hydrogens is 518 g/mol. The molecule has 6 nitrogen and oxygen atoms in total. The van der Waals surface area contributed by atoms with Crippen LogP contribution in [0, 0.1) is 5.41 Å². The minimum Gasteiger partial charge on any atom is -0.505 e. The van der Waals surface area contributed by atoms with E-state index in [1.807, 2.05) is 31.2 Å². The van der Waals surface area contributed by atoms with Crippen molar-refractivity contribution in [2.24, 2.45) is 5.41 Å². The number of aromatic hydroxyl groups is 1. The largest absolute Gasteiger partial charge is 0.505 e. The third-order valence-electron chi connectivity index (χ3n) is 7.70. The van der Waals surface area contributed by atoms with Gasteiger partial charge in [-0.15, -0.1) is 15.0 Å². The number of hydrogen-bond acceptors (Lipinski definition) is 5. The van der Waals surface area contributed by atoms with Gasteiger partial charge >= 0.3 is 0 Å². The SMILES string of the molecule is CCCCS(=O)(=O)c1cccc2nn(-c3cc(C(C)(C)CC(C)(C)C)cc(C(C)(C)c4ccccc4)c3O)nc12. The number of rotatable bonds is 9. The van der Waals surface area contributed by atoms with E-state index in [1.54, 1.807) is 18.2 Å². The lowest BCUT2D eigenvalue weighted by atomic mass is 9.70. The molecule has 0 spiro atoms. The second-order valence-electron chi connectivity index (χ2n) is 13.3. The molecular formula is C33H43N3O3S. The molecule has 3 aromatic carbocycles. The van der Waals surface area contributed by atoms with E-state index in [0.29, 0.717) is 23.1 Å². The normalized spacial score (nSPS) is 13.2. The van der Waals surface area contributed by atoms with Gasteiger partial charge < -0.3 is 5.11 Å². The van der Waals surface area contributed by atoms with Gasteiger partial charge in [-0.25, -0.2) is 8.42 Å². The first kappa shape index (κ1) is 29.8. The first-order chi connectivity index (χ1) is 18.6. The van der Waals surface area contributed by atoms with Crippen LogP contribution in [0.2, 0.25) is 0 Å². The summed E-state index contributed by atoms with van der Waals surface area (Å²) in [6.45, 7) is 17.3. The van der Waals surface area contributed by atoms with E-state index in [4.69, 9.17) is 0 Å². The van der Waals surface area contributed by atoms with Gasteiger partial charge in [-0.1, -0.05) is 104 Å². The quantitative estimate of drug-likeness (QED) is 0.226. The lowest BCUT2D eigenvalue weighted by Gasteiger charge is -2.35. The molecule has 0 saturated heterocycles. The maximum Gasteiger partial charge on any atom is 0.180 e. The summed E-state index contributed by atoms with van der Waals surface area (Å²) >= 11 is 0. The number of sulfone groups is 1. The van der Waals surface area contributed by atoms with E-state index in [1.165, 1.54) is 4.80 Å². The number of phenols is 1. The highest BCUT2D eigenvalue weighted by Crippen LogP contribution is 2.44. The highest BCUT2D eigenvalue weighted by atomic mass is 32.2. The van der Waals surface area contributed by atoms with Crippen molar-refractivity contribution in [2.75, 3.05) is 5.75 Å². The Bertz CT molecular complexity index is 1610. The van der Waals surface area contributed by atoms with Crippen LogP contribution in [0.4, 0.5) is 0 Å². The Labute approximate surface area is 239 Å². The van der Waals surface area contributed by atoms with E-state index in [0.717, 1.165) is 29.5 Å². The van der Waals surface area contributed by atoms with Gasteiger partial charge in [0, 0.05) is 11.0 Å². The summed E-state index contributed by atoms with van der Waals surface area (Å²) in [6.07, 6.45) is 2.28. The van der Waals surface area contributed by atoms with Gasteiger partial charge in [0.25, 0.3) is 0 Å². The van der Waals surface area contributed by atoms with Crippen molar-refractivity contribution in [1.29, 1.82) is 0 Å². The molecule has 0 unspecified atom stereocenters. The predicted molar refractivity (Wildman–Crippen MR) is 163 cm³/mol. The molecule has 0 fully saturated rings. The van der Waals surface area contributed by atoms with Gasteiger partial charge in [-0.05, 0) is 53.0 Å². The Balaban J connectivity index is 1.98. The van der Waals surface area contributed by atoms with E-state index >= 15 is 0 Å². The third kappa shape index (κ3) is 5.95. The minimum atomic E-state index is -3.53. The molecule has 0 aliphatic heterocycles. The number of aromatic nitrogens is 3. The summed E-state index contributed by atoms with van der Waals surface area (Å²) in [5, 5.41) is 21.2. The molecule has 0 saturated carbocycles. The molecule has 0 amide bonds. The Kier molecular flexibility index (Phi) is 7.94. The summed E-state index contributed by atoms with van der Waals surface area (Å²) in [5.41, 5.74) is 3.48. The zero-order chi connectivity index (χ0) is 29.5. The van der Waals surface area contributed by atoms with Crippen LogP contribution in [-0.4, -0.2) is 34.3 Å². The van der Waals surface area contributed by atoms with Crippen molar-refractivity contribution < 1.29 is 13.5 Å². The van der Waals surface area contributed by atoms with Crippen LogP contribution in [0.25, 0.3) is 16.7 Å². The smallest absolute Gasteiger partial charge is 0.180 e. The molecule has 1 heterocycles. The maximum atomic E-state index is 13.2. The van der Waals surface area contributed by atoms with Crippen molar-refractivity contribution in [2.45, 2.75) is 90.4 Å². The highest BCUT2D eigenvalue weighted by molar-refractivity contribution is 7.91. The van der Waals surface area contributed by atoms with Crippen molar-refractivity contribution in [3.63, 3.8) is 0 Å². The van der Waals surface area contributed by atoms with Crippen molar-refractivity contribution >= 4 is 20.9 Å². The fourth-order valence-electron chi connectivity index (χ4n) is 5.79. The van der Waals surface area contributed by atoms with E-state index in [-0.39, 0.29) is 27.2 Å². The molecule has 1 aromatic heterocycles. The number of phenolic OH excluding ortho intramolecular Hbond substituents is 1. The number of unbranched alkanes of at least 4 members (excludes halogenated alkanes) is 1. The molecule has 4 rings (SSSR count). The molecule has 0 atom stereocenters. The second kappa shape index (κ2) is 10.7. The van der Waals surface area contributed by atoms with Crippen molar-refractivity contribution in [3.8, 4) is 11.4 Å². The van der Waals surface area contributed by atoms with Crippen LogP contribution in [0.3, 0.4) is 0 Å².